The number of oxime groups is 1. The Bertz CT molecular complexity index is 681. The molecule has 1 saturated heterocycles. The quantitative estimate of drug-likeness (QED) is 0.803. The molecule has 0 radical (unpaired) electrons. The van der Waals surface area contributed by atoms with Crippen LogP contribution in [0.2, 0.25) is 0 Å². The molecule has 114 valence electrons. The Morgan fingerprint density at radius 3 is 2.62 bits per heavy atom. The third-order valence-corrected chi connectivity index (χ3v) is 6.62. The Morgan fingerprint density at radius 1 is 1.33 bits per heavy atom. The molecule has 1 aromatic carbocycles. The van der Waals surface area contributed by atoms with Gasteiger partial charge in [0.15, 0.2) is 0 Å². The number of rotatable bonds is 3. The second-order valence-corrected chi connectivity index (χ2v) is 8.09. The number of nitrogens with zero attached hydrogens (tertiary/aromatic N) is 2. The fourth-order valence-electron chi connectivity index (χ4n) is 3.25. The zero-order chi connectivity index (χ0) is 15.3. The summed E-state index contributed by atoms with van der Waals surface area (Å²) in [5.41, 5.74) is 1.85. The van der Waals surface area contributed by atoms with E-state index >= 15 is 0 Å². The van der Waals surface area contributed by atoms with Crippen molar-refractivity contribution in [3.05, 3.63) is 29.8 Å². The lowest BCUT2D eigenvalue weighted by Crippen LogP contribution is -2.47. The summed E-state index contributed by atoms with van der Waals surface area (Å²) in [5.74, 6) is 0.339. The molecule has 1 saturated carbocycles. The van der Waals surface area contributed by atoms with Gasteiger partial charge in [-0.25, -0.2) is 8.42 Å². The van der Waals surface area contributed by atoms with Crippen LogP contribution in [0.5, 0.6) is 0 Å². The first-order chi connectivity index (χ1) is 9.88. The van der Waals surface area contributed by atoms with E-state index in [0.29, 0.717) is 23.9 Å². The Balaban J connectivity index is 1.86. The molecule has 0 N–H and O–H groups in total. The number of aryl methyl sites for hydroxylation is 1. The summed E-state index contributed by atoms with van der Waals surface area (Å²) < 4.78 is 27.0. The SMILES string of the molecule is CON=C1CC2CN(S(=O)(=O)c3ccc(C)cc3)CC12C. The molecule has 0 amide bonds. The molecule has 2 fully saturated rings. The van der Waals surface area contributed by atoms with Crippen LogP contribution in [0.25, 0.3) is 0 Å². The Kier molecular flexibility index (Phi) is 3.33. The smallest absolute Gasteiger partial charge is 0.243 e. The number of hydrogen-bond acceptors (Lipinski definition) is 4. The molecule has 6 heteroatoms. The summed E-state index contributed by atoms with van der Waals surface area (Å²) in [6.07, 6.45) is 0.824. The molecule has 5 nitrogen and oxygen atoms in total. The van der Waals surface area contributed by atoms with E-state index < -0.39 is 10.0 Å². The third-order valence-electron chi connectivity index (χ3n) is 4.79. The van der Waals surface area contributed by atoms with Crippen LogP contribution in [0.4, 0.5) is 0 Å². The summed E-state index contributed by atoms with van der Waals surface area (Å²) in [6.45, 7) is 5.07. The summed E-state index contributed by atoms with van der Waals surface area (Å²) in [6, 6.07) is 7.02. The van der Waals surface area contributed by atoms with Gasteiger partial charge in [0.05, 0.1) is 10.6 Å². The molecule has 1 heterocycles. The Labute approximate surface area is 125 Å². The zero-order valence-corrected chi connectivity index (χ0v) is 13.4. The first kappa shape index (κ1) is 14.5. The van der Waals surface area contributed by atoms with Gasteiger partial charge in [0.2, 0.25) is 10.0 Å². The lowest BCUT2D eigenvalue weighted by Gasteiger charge is -2.41. The fraction of sp³-hybridized carbons (Fsp3) is 0.533. The van der Waals surface area contributed by atoms with E-state index in [1.165, 1.54) is 7.11 Å². The lowest BCUT2D eigenvalue weighted by molar-refractivity contribution is 0.189. The highest BCUT2D eigenvalue weighted by Crippen LogP contribution is 2.50. The minimum absolute atomic E-state index is 0.173. The van der Waals surface area contributed by atoms with E-state index in [9.17, 15) is 8.42 Å². The molecule has 2 atom stereocenters. The van der Waals surface area contributed by atoms with Crippen molar-refractivity contribution in [2.75, 3.05) is 20.2 Å². The van der Waals surface area contributed by atoms with Gasteiger partial charge in [-0.2, -0.15) is 4.31 Å². The van der Waals surface area contributed by atoms with Gasteiger partial charge in [-0.1, -0.05) is 29.8 Å². The summed E-state index contributed by atoms with van der Waals surface area (Å²) in [5, 5.41) is 4.04. The average Bonchev–Trinajstić information content (AvgIpc) is 2.71. The van der Waals surface area contributed by atoms with Gasteiger partial charge in [-0.3, -0.25) is 0 Å². The van der Waals surface area contributed by atoms with Gasteiger partial charge in [0.1, 0.15) is 7.11 Å². The second kappa shape index (κ2) is 4.81. The molecule has 1 aliphatic carbocycles. The molecule has 2 unspecified atom stereocenters. The van der Waals surface area contributed by atoms with Crippen LogP contribution in [-0.4, -0.2) is 38.6 Å². The van der Waals surface area contributed by atoms with Crippen LogP contribution in [0.15, 0.2) is 34.3 Å². The van der Waals surface area contributed by atoms with Gasteiger partial charge in [-0.15, -0.1) is 0 Å². The Morgan fingerprint density at radius 2 is 2.00 bits per heavy atom. The van der Waals surface area contributed by atoms with Crippen LogP contribution < -0.4 is 0 Å². The largest absolute Gasteiger partial charge is 0.399 e. The number of hydrogen-bond donors (Lipinski definition) is 0. The van der Waals surface area contributed by atoms with E-state index in [4.69, 9.17) is 4.84 Å². The zero-order valence-electron chi connectivity index (χ0n) is 12.5. The van der Waals surface area contributed by atoms with Crippen molar-refractivity contribution in [2.24, 2.45) is 16.5 Å². The molecule has 0 bridgehead atoms. The number of benzene rings is 1. The molecule has 1 aromatic rings. The van der Waals surface area contributed by atoms with Crippen LogP contribution in [-0.2, 0) is 14.9 Å². The number of sulfonamides is 1. The van der Waals surface area contributed by atoms with Crippen LogP contribution >= 0.6 is 0 Å². The van der Waals surface area contributed by atoms with Gasteiger partial charge < -0.3 is 4.84 Å². The first-order valence-corrected chi connectivity index (χ1v) is 8.49. The highest BCUT2D eigenvalue weighted by Gasteiger charge is 2.57. The van der Waals surface area contributed by atoms with Crippen molar-refractivity contribution in [2.45, 2.75) is 25.2 Å². The standard InChI is InChI=1S/C15H20N2O3S/c1-11-4-6-13(7-5-11)21(18,19)17-9-12-8-14(16-20-3)15(12,2)10-17/h4-7,12H,8-10H2,1-3H3. The summed E-state index contributed by atoms with van der Waals surface area (Å²) in [4.78, 5) is 5.22. The van der Waals surface area contributed by atoms with E-state index in [1.54, 1.807) is 16.4 Å². The maximum Gasteiger partial charge on any atom is 0.243 e. The summed E-state index contributed by atoms with van der Waals surface area (Å²) >= 11 is 0. The molecule has 3 rings (SSSR count). The maximum atomic E-state index is 12.7. The van der Waals surface area contributed by atoms with E-state index in [2.05, 4.69) is 12.1 Å². The third kappa shape index (κ3) is 2.17. The van der Waals surface area contributed by atoms with Crippen molar-refractivity contribution >= 4 is 15.7 Å². The van der Waals surface area contributed by atoms with Crippen LogP contribution in [0, 0.1) is 18.3 Å². The normalized spacial score (nSPS) is 31.0. The van der Waals surface area contributed by atoms with Crippen molar-refractivity contribution in [3.63, 3.8) is 0 Å². The summed E-state index contributed by atoms with van der Waals surface area (Å²) in [7, 11) is -1.89. The second-order valence-electron chi connectivity index (χ2n) is 6.15. The lowest BCUT2D eigenvalue weighted by atomic mass is 9.62. The predicted molar refractivity (Wildman–Crippen MR) is 80.6 cm³/mol. The van der Waals surface area contributed by atoms with Gasteiger partial charge in [-0.05, 0) is 31.4 Å². The minimum Gasteiger partial charge on any atom is -0.399 e. The molecule has 1 aliphatic heterocycles. The van der Waals surface area contributed by atoms with Crippen molar-refractivity contribution in [1.29, 1.82) is 0 Å². The van der Waals surface area contributed by atoms with Crippen molar-refractivity contribution in [3.8, 4) is 0 Å². The topological polar surface area (TPSA) is 59.0 Å². The Hall–Kier alpha value is -1.40. The van der Waals surface area contributed by atoms with Crippen molar-refractivity contribution < 1.29 is 13.3 Å². The van der Waals surface area contributed by atoms with E-state index in [-0.39, 0.29) is 5.41 Å². The minimum atomic E-state index is -3.42. The van der Waals surface area contributed by atoms with Crippen LogP contribution in [0.3, 0.4) is 0 Å². The highest BCUT2D eigenvalue weighted by molar-refractivity contribution is 7.89. The molecule has 0 aromatic heterocycles. The molecule has 0 spiro atoms. The van der Waals surface area contributed by atoms with E-state index in [1.807, 2.05) is 19.1 Å². The maximum absolute atomic E-state index is 12.7. The van der Waals surface area contributed by atoms with Gasteiger partial charge in [0, 0.05) is 18.5 Å². The fourth-order valence-corrected chi connectivity index (χ4v) is 4.85. The molecule has 2 aliphatic rings. The van der Waals surface area contributed by atoms with Crippen LogP contribution in [0.1, 0.15) is 18.9 Å². The number of fused-ring (bicyclic) bond motifs is 1. The molecule has 21 heavy (non-hydrogen) atoms. The highest BCUT2D eigenvalue weighted by atomic mass is 32.2. The molecular formula is C15H20N2O3S. The monoisotopic (exact) mass is 308 g/mol. The average molecular weight is 308 g/mol. The van der Waals surface area contributed by atoms with Gasteiger partial charge >= 0.3 is 0 Å². The first-order valence-electron chi connectivity index (χ1n) is 7.05. The molecular weight excluding hydrogens is 288 g/mol. The van der Waals surface area contributed by atoms with Gasteiger partial charge in [0.25, 0.3) is 0 Å². The predicted octanol–water partition coefficient (Wildman–Crippen LogP) is 2.03. The van der Waals surface area contributed by atoms with E-state index in [0.717, 1.165) is 17.7 Å². The van der Waals surface area contributed by atoms with Crippen molar-refractivity contribution in [1.82, 2.24) is 4.31 Å².